The maximum absolute atomic E-state index is 12.5. The molecule has 1 amide bonds. The Bertz CT molecular complexity index is 824. The topological polar surface area (TPSA) is 107 Å². The van der Waals surface area contributed by atoms with Gasteiger partial charge in [-0.2, -0.15) is 13.5 Å². The van der Waals surface area contributed by atoms with Crippen LogP contribution in [-0.2, 0) is 19.5 Å². The predicted molar refractivity (Wildman–Crippen MR) is 106 cm³/mol. The van der Waals surface area contributed by atoms with Gasteiger partial charge in [-0.15, -0.1) is 0 Å². The second kappa shape index (κ2) is 9.45. The van der Waals surface area contributed by atoms with Crippen LogP contribution in [0, 0.1) is 0 Å². The summed E-state index contributed by atoms with van der Waals surface area (Å²) in [6.45, 7) is 3.19. The van der Waals surface area contributed by atoms with E-state index in [1.165, 1.54) is 19.2 Å². The van der Waals surface area contributed by atoms with Crippen molar-refractivity contribution in [3.05, 3.63) is 24.3 Å². The summed E-state index contributed by atoms with van der Waals surface area (Å²) < 4.78 is 40.9. The Morgan fingerprint density at radius 1 is 1.24 bits per heavy atom. The van der Waals surface area contributed by atoms with Gasteiger partial charge in [0.05, 0.1) is 43.9 Å². The minimum absolute atomic E-state index is 0.100. The summed E-state index contributed by atoms with van der Waals surface area (Å²) in [4.78, 5) is 16.6. The molecule has 1 aromatic rings. The number of unbranched alkanes of at least 4 members (excludes halogenated alkanes) is 1. The van der Waals surface area contributed by atoms with E-state index < -0.39 is 10.0 Å². The van der Waals surface area contributed by atoms with Crippen molar-refractivity contribution < 1.29 is 27.4 Å². The van der Waals surface area contributed by atoms with Crippen molar-refractivity contribution in [1.82, 2.24) is 9.73 Å². The molecule has 9 nitrogen and oxygen atoms in total. The smallest absolute Gasteiger partial charge is 0.410 e. The first-order valence-electron chi connectivity index (χ1n) is 9.68. The first-order chi connectivity index (χ1) is 13.9. The normalized spacial score (nSPS) is 21.4. The molecule has 0 radical (unpaired) electrons. The molecule has 160 valence electrons. The summed E-state index contributed by atoms with van der Waals surface area (Å²) in [5, 5.41) is 4.14. The molecule has 2 unspecified atom stereocenters. The molecular formula is C19H27N3O6S. The van der Waals surface area contributed by atoms with Gasteiger partial charge in [0.25, 0.3) is 10.0 Å². The monoisotopic (exact) mass is 425 g/mol. The minimum atomic E-state index is -3.78. The summed E-state index contributed by atoms with van der Waals surface area (Å²) in [5.41, 5.74) is 0.693. The molecule has 2 saturated heterocycles. The largest absolute Gasteiger partial charge is 0.497 e. The van der Waals surface area contributed by atoms with E-state index in [0.29, 0.717) is 44.1 Å². The Hall–Kier alpha value is -2.33. The van der Waals surface area contributed by atoms with E-state index in [-0.39, 0.29) is 23.1 Å². The van der Waals surface area contributed by atoms with Crippen molar-refractivity contribution in [3.8, 4) is 5.75 Å². The molecule has 2 aliphatic heterocycles. The molecule has 2 bridgehead atoms. The zero-order valence-electron chi connectivity index (χ0n) is 16.7. The number of hydrogen-bond donors (Lipinski definition) is 1. The molecule has 2 fully saturated rings. The number of sulfonamides is 1. The van der Waals surface area contributed by atoms with Crippen molar-refractivity contribution in [2.24, 2.45) is 5.10 Å². The van der Waals surface area contributed by atoms with E-state index in [1.807, 2.05) is 6.92 Å². The zero-order valence-corrected chi connectivity index (χ0v) is 17.5. The van der Waals surface area contributed by atoms with Gasteiger partial charge in [0.2, 0.25) is 0 Å². The summed E-state index contributed by atoms with van der Waals surface area (Å²) in [6.07, 6.45) is 2.31. The van der Waals surface area contributed by atoms with Crippen molar-refractivity contribution in [3.63, 3.8) is 0 Å². The Labute approximate surface area is 171 Å². The van der Waals surface area contributed by atoms with Gasteiger partial charge in [0.1, 0.15) is 5.75 Å². The van der Waals surface area contributed by atoms with Gasteiger partial charge in [-0.3, -0.25) is 4.90 Å². The van der Waals surface area contributed by atoms with Crippen molar-refractivity contribution in [2.45, 2.75) is 49.6 Å². The number of hydrogen-bond acceptors (Lipinski definition) is 7. The molecule has 3 rings (SSSR count). The van der Waals surface area contributed by atoms with Crippen LogP contribution in [0.25, 0.3) is 0 Å². The van der Waals surface area contributed by atoms with Crippen LogP contribution in [-0.4, -0.2) is 64.1 Å². The highest BCUT2D eigenvalue weighted by atomic mass is 32.2. The lowest BCUT2D eigenvalue weighted by Gasteiger charge is -2.45. The third-order valence-corrected chi connectivity index (χ3v) is 6.20. The predicted octanol–water partition coefficient (Wildman–Crippen LogP) is 2.13. The van der Waals surface area contributed by atoms with E-state index in [1.54, 1.807) is 17.0 Å². The summed E-state index contributed by atoms with van der Waals surface area (Å²) >= 11 is 0. The van der Waals surface area contributed by atoms with Gasteiger partial charge in [0, 0.05) is 18.6 Å². The molecule has 0 spiro atoms. The minimum Gasteiger partial charge on any atom is -0.497 e. The van der Waals surface area contributed by atoms with Crippen molar-refractivity contribution >= 4 is 21.8 Å². The number of carbonyl (C=O) groups is 1. The Balaban J connectivity index is 1.65. The quantitative estimate of drug-likeness (QED) is 0.530. The van der Waals surface area contributed by atoms with E-state index in [4.69, 9.17) is 14.2 Å². The maximum Gasteiger partial charge on any atom is 0.410 e. The van der Waals surface area contributed by atoms with Crippen molar-refractivity contribution in [1.29, 1.82) is 0 Å². The zero-order chi connectivity index (χ0) is 20.9. The molecule has 10 heteroatoms. The second-order valence-electron chi connectivity index (χ2n) is 7.08. The molecule has 0 aromatic heterocycles. The van der Waals surface area contributed by atoms with Gasteiger partial charge in [-0.05, 0) is 30.7 Å². The van der Waals surface area contributed by atoms with E-state index in [9.17, 15) is 13.2 Å². The standard InChI is InChI=1S/C19H27N3O6S/c1-3-4-9-28-19(23)22-15-10-14(11-16(22)13-27-12-15)20-21-29(24,25)18-7-5-17(26-2)6-8-18/h5-8,15-16,21H,3-4,9-13H2,1-2H3. The number of amides is 1. The fraction of sp³-hybridized carbons (Fsp3) is 0.579. The maximum atomic E-state index is 12.5. The fourth-order valence-corrected chi connectivity index (χ4v) is 4.29. The number of carbonyl (C=O) groups excluding carboxylic acids is 1. The lowest BCUT2D eigenvalue weighted by molar-refractivity contribution is -0.0472. The number of methoxy groups -OCH3 is 1. The first-order valence-corrected chi connectivity index (χ1v) is 11.2. The Morgan fingerprint density at radius 3 is 2.48 bits per heavy atom. The number of ether oxygens (including phenoxy) is 3. The number of morpholine rings is 1. The molecule has 2 atom stereocenters. The SMILES string of the molecule is CCCCOC(=O)N1C2COCC1CC(=NNS(=O)(=O)c1ccc(OC)cc1)C2. The number of nitrogens with one attached hydrogen (secondary N) is 1. The summed E-state index contributed by atoms with van der Waals surface area (Å²) in [5.74, 6) is 0.571. The van der Waals surface area contributed by atoms with E-state index in [0.717, 1.165) is 12.8 Å². The van der Waals surface area contributed by atoms with Crippen LogP contribution >= 0.6 is 0 Å². The molecule has 0 aliphatic carbocycles. The van der Waals surface area contributed by atoms with Gasteiger partial charge < -0.3 is 14.2 Å². The van der Waals surface area contributed by atoms with Gasteiger partial charge in [-0.25, -0.2) is 9.63 Å². The number of fused-ring (bicyclic) bond motifs is 2. The Kier molecular flexibility index (Phi) is 6.96. The molecule has 0 saturated carbocycles. The molecule has 2 aliphatic rings. The molecule has 1 N–H and O–H groups in total. The average molecular weight is 426 g/mol. The molecule has 1 aromatic carbocycles. The lowest BCUT2D eigenvalue weighted by Crippen LogP contribution is -2.59. The fourth-order valence-electron chi connectivity index (χ4n) is 3.44. The van der Waals surface area contributed by atoms with Crippen LogP contribution in [0.3, 0.4) is 0 Å². The third kappa shape index (κ3) is 5.18. The van der Waals surface area contributed by atoms with Crippen LogP contribution in [0.15, 0.2) is 34.3 Å². The lowest BCUT2D eigenvalue weighted by atomic mass is 9.93. The number of piperidine rings is 1. The van der Waals surface area contributed by atoms with Gasteiger partial charge >= 0.3 is 6.09 Å². The molecular weight excluding hydrogens is 398 g/mol. The second-order valence-corrected chi connectivity index (χ2v) is 8.74. The number of rotatable bonds is 7. The number of hydrazone groups is 1. The van der Waals surface area contributed by atoms with Crippen LogP contribution in [0.5, 0.6) is 5.75 Å². The summed E-state index contributed by atoms with van der Waals surface area (Å²) in [6, 6.07) is 5.65. The van der Waals surface area contributed by atoms with Crippen molar-refractivity contribution in [2.75, 3.05) is 26.9 Å². The number of benzene rings is 1. The van der Waals surface area contributed by atoms with Crippen LogP contribution in [0.1, 0.15) is 32.6 Å². The molecule has 29 heavy (non-hydrogen) atoms. The highest BCUT2D eigenvalue weighted by Crippen LogP contribution is 2.27. The van der Waals surface area contributed by atoms with Gasteiger partial charge in [-0.1, -0.05) is 13.3 Å². The van der Waals surface area contributed by atoms with Crippen LogP contribution < -0.4 is 9.57 Å². The first kappa shape index (κ1) is 21.4. The van der Waals surface area contributed by atoms with Crippen LogP contribution in [0.4, 0.5) is 4.79 Å². The Morgan fingerprint density at radius 2 is 1.90 bits per heavy atom. The number of nitrogens with zero attached hydrogens (tertiary/aromatic N) is 2. The highest BCUT2D eigenvalue weighted by molar-refractivity contribution is 7.89. The van der Waals surface area contributed by atoms with Gasteiger partial charge in [0.15, 0.2) is 0 Å². The third-order valence-electron chi connectivity index (χ3n) is 4.98. The average Bonchev–Trinajstić information content (AvgIpc) is 2.71. The summed E-state index contributed by atoms with van der Waals surface area (Å²) in [7, 11) is -2.27. The highest BCUT2D eigenvalue weighted by Gasteiger charge is 2.41. The van der Waals surface area contributed by atoms with Crippen LogP contribution in [0.2, 0.25) is 0 Å². The molecule has 2 heterocycles. The van der Waals surface area contributed by atoms with E-state index >= 15 is 0 Å². The van der Waals surface area contributed by atoms with E-state index in [2.05, 4.69) is 9.93 Å².